The van der Waals surface area contributed by atoms with Crippen LogP contribution in [0.4, 0.5) is 29.2 Å². The molecule has 0 fully saturated rings. The van der Waals surface area contributed by atoms with E-state index in [0.717, 1.165) is 22.3 Å². The molecule has 206 valence electrons. The van der Waals surface area contributed by atoms with E-state index in [1.807, 2.05) is 36.4 Å². The molecular formula is C28H22AgBF4N6. The number of benzene rings is 4. The summed E-state index contributed by atoms with van der Waals surface area (Å²) < 4.78 is 39.0. The van der Waals surface area contributed by atoms with Crippen LogP contribution in [-0.4, -0.2) is 27.2 Å². The molecule has 4 N–H and O–H groups in total. The Morgan fingerprint density at radius 1 is 0.475 bits per heavy atom. The molecule has 0 aliphatic carbocycles. The number of rotatable bonds is 2. The number of hydrogen-bond donors (Lipinski definition) is 2. The topological polar surface area (TPSA) is 104 Å². The van der Waals surface area contributed by atoms with Gasteiger partial charge in [-0.2, -0.15) is 0 Å². The maximum Gasteiger partial charge on any atom is 1.00 e. The summed E-state index contributed by atoms with van der Waals surface area (Å²) in [6.45, 7) is 0. The molecule has 0 aliphatic heterocycles. The van der Waals surface area contributed by atoms with Gasteiger partial charge in [-0.05, 0) is 32.7 Å². The van der Waals surface area contributed by atoms with Gasteiger partial charge in [0.05, 0.1) is 0 Å². The van der Waals surface area contributed by atoms with Gasteiger partial charge in [0.15, 0.2) is 0 Å². The normalized spacial score (nSPS) is 10.5. The summed E-state index contributed by atoms with van der Waals surface area (Å²) >= 11 is 0. The Kier molecular flexibility index (Phi) is 10.3. The van der Waals surface area contributed by atoms with Crippen LogP contribution in [-0.2, 0) is 22.4 Å². The smallest absolute Gasteiger partial charge is 0.418 e. The molecule has 4 aromatic carbocycles. The fourth-order valence-electron chi connectivity index (χ4n) is 3.91. The third-order valence-corrected chi connectivity index (χ3v) is 5.54. The number of aromatic nitrogens is 4. The van der Waals surface area contributed by atoms with E-state index in [9.17, 15) is 17.3 Å². The third-order valence-electron chi connectivity index (χ3n) is 5.54. The minimum atomic E-state index is -6.00. The number of nitrogens with zero attached hydrogens (tertiary/aromatic N) is 4. The minimum absolute atomic E-state index is 0. The van der Waals surface area contributed by atoms with Gasteiger partial charge in [-0.15, -0.1) is 0 Å². The molecule has 0 saturated carbocycles. The maximum atomic E-state index is 9.75. The van der Waals surface area contributed by atoms with Crippen molar-refractivity contribution in [1.29, 1.82) is 0 Å². The van der Waals surface area contributed by atoms with Gasteiger partial charge in [-0.1, -0.05) is 84.9 Å². The van der Waals surface area contributed by atoms with Crippen LogP contribution in [0.25, 0.3) is 43.8 Å². The molecule has 2 heterocycles. The number of hydrogen-bond acceptors (Lipinski definition) is 6. The van der Waals surface area contributed by atoms with Gasteiger partial charge in [0.25, 0.3) is 0 Å². The fraction of sp³-hybridized carbons (Fsp3) is 0. The number of anilines is 2. The molecule has 0 aliphatic rings. The third kappa shape index (κ3) is 8.34. The quantitative estimate of drug-likeness (QED) is 0.156. The summed E-state index contributed by atoms with van der Waals surface area (Å²) in [6, 6.07) is 28.9. The van der Waals surface area contributed by atoms with Crippen molar-refractivity contribution in [3.63, 3.8) is 0 Å². The van der Waals surface area contributed by atoms with Gasteiger partial charge in [0.1, 0.15) is 0 Å². The summed E-state index contributed by atoms with van der Waals surface area (Å²) in [5.74, 6) is 0.600. The largest absolute Gasteiger partial charge is 1.00 e. The van der Waals surface area contributed by atoms with Crippen LogP contribution < -0.4 is 11.5 Å². The van der Waals surface area contributed by atoms with Crippen LogP contribution in [0.3, 0.4) is 0 Å². The molecule has 0 unspecified atom stereocenters. The second-order valence-corrected chi connectivity index (χ2v) is 8.21. The number of nitrogens with two attached hydrogens (primary N) is 2. The minimum Gasteiger partial charge on any atom is -0.418 e. The van der Waals surface area contributed by atoms with Crippen molar-refractivity contribution < 1.29 is 39.6 Å². The zero-order valence-corrected chi connectivity index (χ0v) is 22.2. The average molecular weight is 637 g/mol. The van der Waals surface area contributed by atoms with E-state index in [-0.39, 0.29) is 22.4 Å². The summed E-state index contributed by atoms with van der Waals surface area (Å²) in [4.78, 5) is 16.1. The molecule has 0 amide bonds. The van der Waals surface area contributed by atoms with E-state index >= 15 is 0 Å². The van der Waals surface area contributed by atoms with Gasteiger partial charge < -0.3 is 28.7 Å². The van der Waals surface area contributed by atoms with Crippen molar-refractivity contribution in [1.82, 2.24) is 19.9 Å². The first-order valence-electron chi connectivity index (χ1n) is 11.7. The van der Waals surface area contributed by atoms with Gasteiger partial charge in [0, 0.05) is 35.9 Å². The van der Waals surface area contributed by atoms with Crippen LogP contribution >= 0.6 is 0 Å². The summed E-state index contributed by atoms with van der Waals surface area (Å²) in [5.41, 5.74) is 15.2. The second-order valence-electron chi connectivity index (χ2n) is 8.21. The predicted molar refractivity (Wildman–Crippen MR) is 149 cm³/mol. The standard InChI is InChI=1S/2C14H11N3.Ag.BF4/c2*15-14-16-8-11(9-17-14)13-7-3-5-10-4-1-2-6-12(10)13;;2-1(3,4)5/h2*1-9H,(H2,15,16,17);;/q;;+1;-1. The van der Waals surface area contributed by atoms with E-state index in [0.29, 0.717) is 11.9 Å². The molecular weight excluding hydrogens is 615 g/mol. The fourth-order valence-corrected chi connectivity index (χ4v) is 3.91. The van der Waals surface area contributed by atoms with Crippen molar-refractivity contribution in [3.8, 4) is 22.3 Å². The molecule has 0 saturated heterocycles. The second kappa shape index (κ2) is 13.7. The van der Waals surface area contributed by atoms with Gasteiger partial charge in [0.2, 0.25) is 11.9 Å². The van der Waals surface area contributed by atoms with Crippen LogP contribution in [0.1, 0.15) is 0 Å². The molecule has 0 spiro atoms. The predicted octanol–water partition coefficient (Wildman–Crippen LogP) is 7.06. The summed E-state index contributed by atoms with van der Waals surface area (Å²) in [6.07, 6.45) is 7.02. The number of halogens is 4. The van der Waals surface area contributed by atoms with E-state index in [1.165, 1.54) is 21.5 Å². The molecule has 2 aromatic heterocycles. The zero-order chi connectivity index (χ0) is 27.8. The Morgan fingerprint density at radius 2 is 0.775 bits per heavy atom. The van der Waals surface area contributed by atoms with Crippen molar-refractivity contribution >= 4 is 40.7 Å². The summed E-state index contributed by atoms with van der Waals surface area (Å²) in [7, 11) is -6.00. The van der Waals surface area contributed by atoms with E-state index in [2.05, 4.69) is 68.5 Å². The van der Waals surface area contributed by atoms with Crippen molar-refractivity contribution in [2.24, 2.45) is 0 Å². The van der Waals surface area contributed by atoms with Crippen LogP contribution in [0.2, 0.25) is 0 Å². The molecule has 0 radical (unpaired) electrons. The van der Waals surface area contributed by atoms with Gasteiger partial charge in [-0.25, -0.2) is 19.9 Å². The Labute approximate surface area is 243 Å². The van der Waals surface area contributed by atoms with Crippen LogP contribution in [0, 0.1) is 0 Å². The van der Waals surface area contributed by atoms with Crippen molar-refractivity contribution in [3.05, 3.63) is 110 Å². The number of fused-ring (bicyclic) bond motifs is 2. The van der Waals surface area contributed by atoms with E-state index < -0.39 is 7.25 Å². The van der Waals surface area contributed by atoms with E-state index in [4.69, 9.17) is 11.5 Å². The first-order chi connectivity index (χ1) is 18.7. The van der Waals surface area contributed by atoms with Gasteiger partial charge >= 0.3 is 29.6 Å². The van der Waals surface area contributed by atoms with Crippen molar-refractivity contribution in [2.75, 3.05) is 11.5 Å². The molecule has 6 nitrogen and oxygen atoms in total. The monoisotopic (exact) mass is 636 g/mol. The average Bonchev–Trinajstić information content (AvgIpc) is 2.93. The SMILES string of the molecule is F[B-](F)(F)F.Nc1ncc(-c2cccc3ccccc23)cn1.Nc1ncc(-c2cccc3ccccc23)cn1.[Ag+]. The Hall–Kier alpha value is -4.31. The molecule has 40 heavy (non-hydrogen) atoms. The first kappa shape index (κ1) is 30.2. The van der Waals surface area contributed by atoms with Crippen LogP contribution in [0.5, 0.6) is 0 Å². The Bertz CT molecular complexity index is 1550. The molecule has 6 aromatic rings. The number of nitrogen functional groups attached to an aromatic ring is 2. The zero-order valence-electron chi connectivity index (χ0n) is 20.7. The summed E-state index contributed by atoms with van der Waals surface area (Å²) in [5, 5.41) is 4.82. The molecule has 12 heteroatoms. The molecule has 0 bridgehead atoms. The van der Waals surface area contributed by atoms with Crippen LogP contribution in [0.15, 0.2) is 110 Å². The van der Waals surface area contributed by atoms with Gasteiger partial charge in [-0.3, -0.25) is 0 Å². The Balaban J connectivity index is 0.000000185. The Morgan fingerprint density at radius 3 is 1.12 bits per heavy atom. The van der Waals surface area contributed by atoms with E-state index in [1.54, 1.807) is 24.8 Å². The first-order valence-corrected chi connectivity index (χ1v) is 11.7. The van der Waals surface area contributed by atoms with Crippen molar-refractivity contribution in [2.45, 2.75) is 0 Å². The maximum absolute atomic E-state index is 9.75. The molecule has 0 atom stereocenters. The molecule has 6 rings (SSSR count).